The van der Waals surface area contributed by atoms with Gasteiger partial charge in [0.1, 0.15) is 0 Å². The number of rotatable bonds is 5. The van der Waals surface area contributed by atoms with Crippen LogP contribution in [0.15, 0.2) is 17.5 Å². The van der Waals surface area contributed by atoms with Crippen LogP contribution in [-0.2, 0) is 0 Å². The highest BCUT2D eigenvalue weighted by atomic mass is 32.1. The first kappa shape index (κ1) is 12.1. The molecule has 1 aromatic rings. The van der Waals surface area contributed by atoms with Crippen molar-refractivity contribution in [1.29, 1.82) is 0 Å². The molecule has 0 bridgehead atoms. The molecule has 2 atom stereocenters. The van der Waals surface area contributed by atoms with Crippen molar-refractivity contribution < 1.29 is 0 Å². The van der Waals surface area contributed by atoms with E-state index in [1.54, 1.807) is 4.88 Å². The predicted octanol–water partition coefficient (Wildman–Crippen LogP) is 3.88. The molecule has 1 fully saturated rings. The summed E-state index contributed by atoms with van der Waals surface area (Å²) in [5.74, 6) is 2.47. The summed E-state index contributed by atoms with van der Waals surface area (Å²) in [5.41, 5.74) is 0. The zero-order valence-electron chi connectivity index (χ0n) is 10.4. The van der Waals surface area contributed by atoms with Crippen LogP contribution in [0.2, 0.25) is 0 Å². The molecule has 2 rings (SSSR count). The van der Waals surface area contributed by atoms with Crippen molar-refractivity contribution in [2.24, 2.45) is 11.8 Å². The molecule has 0 aliphatic heterocycles. The molecule has 0 radical (unpaired) electrons. The summed E-state index contributed by atoms with van der Waals surface area (Å²) in [6.45, 7) is 6.92. The molecule has 1 N–H and O–H groups in total. The van der Waals surface area contributed by atoms with Crippen molar-refractivity contribution in [3.63, 3.8) is 0 Å². The minimum atomic E-state index is 0.765. The smallest absolute Gasteiger partial charge is 0.00794 e. The van der Waals surface area contributed by atoms with Crippen LogP contribution in [0.1, 0.15) is 43.9 Å². The van der Waals surface area contributed by atoms with Gasteiger partial charge in [0.25, 0.3) is 0 Å². The number of hydrogen-bond donors (Lipinski definition) is 1. The van der Waals surface area contributed by atoms with Gasteiger partial charge in [-0.2, -0.15) is 0 Å². The maximum atomic E-state index is 3.62. The molecule has 2 unspecified atom stereocenters. The highest BCUT2D eigenvalue weighted by molar-refractivity contribution is 7.10. The number of hydrogen-bond acceptors (Lipinski definition) is 2. The van der Waals surface area contributed by atoms with E-state index in [9.17, 15) is 0 Å². The van der Waals surface area contributed by atoms with Crippen LogP contribution in [-0.4, -0.2) is 13.1 Å². The summed E-state index contributed by atoms with van der Waals surface area (Å²) in [6, 6.07) is 4.51. The second kappa shape index (κ2) is 5.83. The Kier molecular flexibility index (Phi) is 4.42. The van der Waals surface area contributed by atoms with E-state index in [1.807, 2.05) is 11.3 Å². The zero-order valence-corrected chi connectivity index (χ0v) is 11.2. The fourth-order valence-corrected chi connectivity index (χ4v) is 3.67. The Morgan fingerprint density at radius 3 is 3.00 bits per heavy atom. The molecule has 1 saturated carbocycles. The lowest BCUT2D eigenvalue weighted by Crippen LogP contribution is -2.27. The van der Waals surface area contributed by atoms with Gasteiger partial charge >= 0.3 is 0 Å². The third-order valence-corrected chi connectivity index (χ3v) is 4.53. The highest BCUT2D eigenvalue weighted by Crippen LogP contribution is 2.40. The van der Waals surface area contributed by atoms with Gasteiger partial charge in [-0.15, -0.1) is 11.3 Å². The second-order valence-corrected chi connectivity index (χ2v) is 6.34. The van der Waals surface area contributed by atoms with Gasteiger partial charge in [-0.1, -0.05) is 26.3 Å². The number of thiophene rings is 1. The zero-order chi connectivity index (χ0) is 11.4. The molecule has 0 spiro atoms. The van der Waals surface area contributed by atoms with Crippen LogP contribution >= 0.6 is 11.3 Å². The Bertz CT molecular complexity index is 292. The molecular formula is C14H23NS. The SMILES string of the molecule is CC(C)CNCC1CCCC1c1cccs1. The normalized spacial score (nSPS) is 25.4. The maximum Gasteiger partial charge on any atom is 0.00794 e. The molecular weight excluding hydrogens is 214 g/mol. The van der Waals surface area contributed by atoms with E-state index in [-0.39, 0.29) is 0 Å². The lowest BCUT2D eigenvalue weighted by Gasteiger charge is -2.19. The van der Waals surface area contributed by atoms with Crippen molar-refractivity contribution in [3.8, 4) is 0 Å². The van der Waals surface area contributed by atoms with Gasteiger partial charge in [0.05, 0.1) is 0 Å². The van der Waals surface area contributed by atoms with E-state index >= 15 is 0 Å². The van der Waals surface area contributed by atoms with Gasteiger partial charge in [-0.3, -0.25) is 0 Å². The van der Waals surface area contributed by atoms with E-state index < -0.39 is 0 Å². The standard InChI is InChI=1S/C14H23NS/c1-11(2)9-15-10-12-5-3-6-13(12)14-7-4-8-16-14/h4,7-8,11-13,15H,3,5-6,9-10H2,1-2H3. The first-order valence-electron chi connectivity index (χ1n) is 6.51. The largest absolute Gasteiger partial charge is 0.316 e. The summed E-state index contributed by atoms with van der Waals surface area (Å²) in [5, 5.41) is 5.84. The Hall–Kier alpha value is -0.340. The summed E-state index contributed by atoms with van der Waals surface area (Å²) in [6.07, 6.45) is 4.22. The molecule has 90 valence electrons. The Morgan fingerprint density at radius 1 is 1.44 bits per heavy atom. The fourth-order valence-electron chi connectivity index (χ4n) is 2.72. The van der Waals surface area contributed by atoms with Crippen molar-refractivity contribution in [2.45, 2.75) is 39.0 Å². The van der Waals surface area contributed by atoms with Gasteiger partial charge in [0.2, 0.25) is 0 Å². The summed E-state index contributed by atoms with van der Waals surface area (Å²) < 4.78 is 0. The molecule has 0 aromatic carbocycles. The van der Waals surface area contributed by atoms with Gasteiger partial charge in [0, 0.05) is 4.88 Å². The van der Waals surface area contributed by atoms with Crippen LogP contribution in [0.5, 0.6) is 0 Å². The Labute approximate surface area is 103 Å². The highest BCUT2D eigenvalue weighted by Gasteiger charge is 2.28. The fraction of sp³-hybridized carbons (Fsp3) is 0.714. The van der Waals surface area contributed by atoms with Crippen molar-refractivity contribution >= 4 is 11.3 Å². The summed E-state index contributed by atoms with van der Waals surface area (Å²) >= 11 is 1.94. The Balaban J connectivity index is 1.84. The van der Waals surface area contributed by atoms with Crippen molar-refractivity contribution in [1.82, 2.24) is 5.32 Å². The molecule has 16 heavy (non-hydrogen) atoms. The third kappa shape index (κ3) is 3.08. The average Bonchev–Trinajstić information content (AvgIpc) is 2.84. The van der Waals surface area contributed by atoms with Gasteiger partial charge in [0.15, 0.2) is 0 Å². The summed E-state index contributed by atoms with van der Waals surface area (Å²) in [4.78, 5) is 1.61. The molecule has 1 aliphatic carbocycles. The van der Waals surface area contributed by atoms with E-state index in [2.05, 4.69) is 36.7 Å². The second-order valence-electron chi connectivity index (χ2n) is 5.36. The molecule has 0 amide bonds. The molecule has 1 aromatic heterocycles. The van der Waals surface area contributed by atoms with E-state index in [1.165, 1.54) is 25.8 Å². The van der Waals surface area contributed by atoms with E-state index in [4.69, 9.17) is 0 Å². The predicted molar refractivity (Wildman–Crippen MR) is 72.1 cm³/mol. The minimum Gasteiger partial charge on any atom is -0.316 e. The van der Waals surface area contributed by atoms with Gasteiger partial charge in [-0.05, 0) is 55.1 Å². The molecule has 1 nitrogen and oxygen atoms in total. The van der Waals surface area contributed by atoms with Crippen LogP contribution in [0.4, 0.5) is 0 Å². The van der Waals surface area contributed by atoms with Gasteiger partial charge in [-0.25, -0.2) is 0 Å². The molecule has 0 saturated heterocycles. The lowest BCUT2D eigenvalue weighted by atomic mass is 9.94. The van der Waals surface area contributed by atoms with Crippen LogP contribution in [0.25, 0.3) is 0 Å². The summed E-state index contributed by atoms with van der Waals surface area (Å²) in [7, 11) is 0. The minimum absolute atomic E-state index is 0.765. The maximum absolute atomic E-state index is 3.62. The topological polar surface area (TPSA) is 12.0 Å². The van der Waals surface area contributed by atoms with Crippen LogP contribution < -0.4 is 5.32 Å². The lowest BCUT2D eigenvalue weighted by molar-refractivity contribution is 0.428. The molecule has 1 aliphatic rings. The molecule has 1 heterocycles. The Morgan fingerprint density at radius 2 is 2.31 bits per heavy atom. The monoisotopic (exact) mass is 237 g/mol. The average molecular weight is 237 g/mol. The number of nitrogens with one attached hydrogen (secondary N) is 1. The third-order valence-electron chi connectivity index (χ3n) is 3.53. The van der Waals surface area contributed by atoms with Crippen molar-refractivity contribution in [2.75, 3.05) is 13.1 Å². The first-order valence-corrected chi connectivity index (χ1v) is 7.39. The van der Waals surface area contributed by atoms with Crippen LogP contribution in [0, 0.1) is 11.8 Å². The van der Waals surface area contributed by atoms with E-state index in [0.29, 0.717) is 0 Å². The van der Waals surface area contributed by atoms with Gasteiger partial charge < -0.3 is 5.32 Å². The quantitative estimate of drug-likeness (QED) is 0.819. The van der Waals surface area contributed by atoms with Crippen molar-refractivity contribution in [3.05, 3.63) is 22.4 Å². The van der Waals surface area contributed by atoms with E-state index in [0.717, 1.165) is 24.3 Å². The first-order chi connectivity index (χ1) is 7.77. The van der Waals surface area contributed by atoms with Crippen LogP contribution in [0.3, 0.4) is 0 Å². The molecule has 2 heteroatoms.